The van der Waals surface area contributed by atoms with Gasteiger partial charge in [-0.3, -0.25) is 4.79 Å². The van der Waals surface area contributed by atoms with Crippen LogP contribution in [-0.4, -0.2) is 5.78 Å². The molecular weight excluding hydrogens is 244 g/mol. The number of carbonyl (C=O) groups is 1. The molecule has 118 valence electrons. The average Bonchev–Trinajstić information content (AvgIpc) is 2.45. The Hall–Kier alpha value is -0.330. The highest BCUT2D eigenvalue weighted by atomic mass is 16.1. The van der Waals surface area contributed by atoms with Gasteiger partial charge in [-0.05, 0) is 25.2 Å². The number of unbranched alkanes of at least 4 members (excludes halogenated alkanes) is 8. The molecule has 0 bridgehead atoms. The molecule has 2 unspecified atom stereocenters. The number of ketones is 1. The summed E-state index contributed by atoms with van der Waals surface area (Å²) in [5.41, 5.74) is 0. The quantitative estimate of drug-likeness (QED) is 0.406. The highest BCUT2D eigenvalue weighted by Crippen LogP contribution is 2.30. The van der Waals surface area contributed by atoms with Crippen molar-refractivity contribution in [2.24, 2.45) is 11.8 Å². The van der Waals surface area contributed by atoms with E-state index in [-0.39, 0.29) is 0 Å². The van der Waals surface area contributed by atoms with Crippen molar-refractivity contribution in [2.75, 3.05) is 0 Å². The van der Waals surface area contributed by atoms with Gasteiger partial charge in [-0.25, -0.2) is 0 Å². The minimum atomic E-state index is 0.410. The maximum Gasteiger partial charge on any atom is 0.135 e. The molecule has 20 heavy (non-hydrogen) atoms. The van der Waals surface area contributed by atoms with Crippen molar-refractivity contribution in [3.05, 3.63) is 0 Å². The summed E-state index contributed by atoms with van der Waals surface area (Å²) < 4.78 is 0. The molecule has 1 aliphatic carbocycles. The minimum Gasteiger partial charge on any atom is -0.299 e. The van der Waals surface area contributed by atoms with E-state index in [9.17, 15) is 4.79 Å². The SMILES string of the molecule is CCCCCCCCCCCC(=O)C1CCCC(C)C1. The van der Waals surface area contributed by atoms with Crippen LogP contribution < -0.4 is 0 Å². The molecule has 0 radical (unpaired) electrons. The molecule has 0 saturated heterocycles. The van der Waals surface area contributed by atoms with Crippen LogP contribution in [0.5, 0.6) is 0 Å². The first-order valence-corrected chi connectivity index (χ1v) is 9.26. The number of hydrogen-bond donors (Lipinski definition) is 0. The van der Waals surface area contributed by atoms with Crippen LogP contribution in [0, 0.1) is 11.8 Å². The first-order valence-electron chi connectivity index (χ1n) is 9.26. The Morgan fingerprint density at radius 1 is 0.900 bits per heavy atom. The summed E-state index contributed by atoms with van der Waals surface area (Å²) >= 11 is 0. The number of carbonyl (C=O) groups excluding carboxylic acids is 1. The van der Waals surface area contributed by atoms with Gasteiger partial charge in [-0.2, -0.15) is 0 Å². The van der Waals surface area contributed by atoms with Crippen molar-refractivity contribution in [1.29, 1.82) is 0 Å². The molecule has 1 saturated carbocycles. The van der Waals surface area contributed by atoms with Crippen LogP contribution in [0.3, 0.4) is 0 Å². The highest BCUT2D eigenvalue weighted by Gasteiger charge is 2.24. The standard InChI is InChI=1S/C19H36O/c1-3-4-5-6-7-8-9-10-11-15-19(20)18-14-12-13-17(2)16-18/h17-18H,3-16H2,1-2H3. The zero-order valence-corrected chi connectivity index (χ0v) is 14.0. The van der Waals surface area contributed by atoms with Gasteiger partial charge in [-0.1, -0.05) is 78.1 Å². The minimum absolute atomic E-state index is 0.410. The molecule has 1 fully saturated rings. The lowest BCUT2D eigenvalue weighted by Gasteiger charge is -2.25. The fourth-order valence-electron chi connectivity index (χ4n) is 3.54. The summed E-state index contributed by atoms with van der Waals surface area (Å²) in [7, 11) is 0. The molecular formula is C19H36O. The molecule has 0 amide bonds. The Kier molecular flexibility index (Phi) is 10.1. The average molecular weight is 280 g/mol. The zero-order valence-electron chi connectivity index (χ0n) is 14.0. The summed E-state index contributed by atoms with van der Waals surface area (Å²) in [5.74, 6) is 1.76. The Morgan fingerprint density at radius 2 is 1.50 bits per heavy atom. The van der Waals surface area contributed by atoms with Crippen molar-refractivity contribution in [1.82, 2.24) is 0 Å². The molecule has 1 heteroatoms. The predicted molar refractivity (Wildman–Crippen MR) is 88.0 cm³/mol. The van der Waals surface area contributed by atoms with E-state index in [1.807, 2.05) is 0 Å². The summed E-state index contributed by atoms with van der Waals surface area (Å²) in [6.07, 6.45) is 17.9. The monoisotopic (exact) mass is 280 g/mol. The molecule has 0 heterocycles. The molecule has 0 aliphatic heterocycles. The summed E-state index contributed by atoms with van der Waals surface area (Å²) in [4.78, 5) is 12.2. The van der Waals surface area contributed by atoms with E-state index in [4.69, 9.17) is 0 Å². The first kappa shape index (κ1) is 17.7. The lowest BCUT2D eigenvalue weighted by atomic mass is 9.79. The molecule has 0 aromatic carbocycles. The van der Waals surface area contributed by atoms with Gasteiger partial charge in [0.25, 0.3) is 0 Å². The van der Waals surface area contributed by atoms with Crippen LogP contribution in [-0.2, 0) is 4.79 Å². The van der Waals surface area contributed by atoms with E-state index in [0.29, 0.717) is 11.7 Å². The lowest BCUT2D eigenvalue weighted by molar-refractivity contribution is -0.124. The second-order valence-corrected chi connectivity index (χ2v) is 7.01. The molecule has 1 rings (SSSR count). The van der Waals surface area contributed by atoms with Crippen molar-refractivity contribution >= 4 is 5.78 Å². The van der Waals surface area contributed by atoms with Crippen LogP contribution in [0.15, 0.2) is 0 Å². The van der Waals surface area contributed by atoms with Crippen LogP contribution >= 0.6 is 0 Å². The summed E-state index contributed by atoms with van der Waals surface area (Å²) in [6.45, 7) is 4.57. The fraction of sp³-hybridized carbons (Fsp3) is 0.947. The van der Waals surface area contributed by atoms with E-state index in [2.05, 4.69) is 13.8 Å². The smallest absolute Gasteiger partial charge is 0.135 e. The fourth-order valence-corrected chi connectivity index (χ4v) is 3.54. The van der Waals surface area contributed by atoms with Gasteiger partial charge in [0.15, 0.2) is 0 Å². The van der Waals surface area contributed by atoms with Gasteiger partial charge in [0.2, 0.25) is 0 Å². The van der Waals surface area contributed by atoms with E-state index in [1.54, 1.807) is 0 Å². The topological polar surface area (TPSA) is 17.1 Å². The van der Waals surface area contributed by atoms with Crippen molar-refractivity contribution in [3.63, 3.8) is 0 Å². The Morgan fingerprint density at radius 3 is 2.10 bits per heavy atom. The van der Waals surface area contributed by atoms with Gasteiger partial charge in [0.05, 0.1) is 0 Å². The van der Waals surface area contributed by atoms with E-state index < -0.39 is 0 Å². The predicted octanol–water partition coefficient (Wildman–Crippen LogP) is 6.30. The van der Waals surface area contributed by atoms with E-state index in [0.717, 1.165) is 25.2 Å². The van der Waals surface area contributed by atoms with E-state index >= 15 is 0 Å². The third-order valence-electron chi connectivity index (χ3n) is 4.92. The maximum absolute atomic E-state index is 12.2. The molecule has 1 nitrogen and oxygen atoms in total. The molecule has 1 aliphatic rings. The molecule has 0 N–H and O–H groups in total. The van der Waals surface area contributed by atoms with Crippen LogP contribution in [0.1, 0.15) is 104 Å². The van der Waals surface area contributed by atoms with Gasteiger partial charge >= 0.3 is 0 Å². The van der Waals surface area contributed by atoms with Crippen LogP contribution in [0.4, 0.5) is 0 Å². The zero-order chi connectivity index (χ0) is 14.6. The first-order chi connectivity index (χ1) is 9.74. The summed E-state index contributed by atoms with van der Waals surface area (Å²) in [5, 5.41) is 0. The van der Waals surface area contributed by atoms with Gasteiger partial charge in [-0.15, -0.1) is 0 Å². The van der Waals surface area contributed by atoms with Crippen LogP contribution in [0.2, 0.25) is 0 Å². The normalized spacial score (nSPS) is 22.9. The van der Waals surface area contributed by atoms with Crippen molar-refractivity contribution in [3.8, 4) is 0 Å². The third-order valence-corrected chi connectivity index (χ3v) is 4.92. The molecule has 0 aromatic heterocycles. The second kappa shape index (κ2) is 11.3. The highest BCUT2D eigenvalue weighted by molar-refractivity contribution is 5.81. The number of rotatable bonds is 11. The molecule has 2 atom stereocenters. The van der Waals surface area contributed by atoms with Gasteiger partial charge < -0.3 is 0 Å². The Labute approximate surface area is 126 Å². The van der Waals surface area contributed by atoms with E-state index in [1.165, 1.54) is 70.6 Å². The molecule has 0 spiro atoms. The third kappa shape index (κ3) is 8.07. The van der Waals surface area contributed by atoms with Crippen molar-refractivity contribution in [2.45, 2.75) is 104 Å². The van der Waals surface area contributed by atoms with Gasteiger partial charge in [0.1, 0.15) is 5.78 Å². The Balaban J connectivity index is 1.91. The second-order valence-electron chi connectivity index (χ2n) is 7.01. The number of hydrogen-bond acceptors (Lipinski definition) is 1. The summed E-state index contributed by atoms with van der Waals surface area (Å²) in [6, 6.07) is 0. The molecule has 0 aromatic rings. The number of Topliss-reactive ketones (excluding diaryl/α,β-unsaturated/α-hetero) is 1. The lowest BCUT2D eigenvalue weighted by Crippen LogP contribution is -2.21. The largest absolute Gasteiger partial charge is 0.299 e. The van der Waals surface area contributed by atoms with Crippen molar-refractivity contribution < 1.29 is 4.79 Å². The Bertz CT molecular complexity index is 246. The van der Waals surface area contributed by atoms with Crippen LogP contribution in [0.25, 0.3) is 0 Å². The van der Waals surface area contributed by atoms with Gasteiger partial charge in [0, 0.05) is 12.3 Å². The maximum atomic E-state index is 12.2.